The number of hydrogen-bond acceptors (Lipinski definition) is 2. The SMILES string of the molecule is O=C(NC1CCN(C(=O)Nc2cccc(Cl)c2)CC1)C1CCC1. The molecule has 0 bridgehead atoms. The normalized spacial score (nSPS) is 19.1. The number of halogens is 1. The maximum absolute atomic E-state index is 12.3. The average Bonchev–Trinajstić information content (AvgIpc) is 2.46. The van der Waals surface area contributed by atoms with Crippen LogP contribution in [0.15, 0.2) is 24.3 Å². The topological polar surface area (TPSA) is 61.4 Å². The Morgan fingerprint density at radius 3 is 2.48 bits per heavy atom. The number of hydrogen-bond donors (Lipinski definition) is 2. The highest BCUT2D eigenvalue weighted by Gasteiger charge is 2.29. The van der Waals surface area contributed by atoms with E-state index in [-0.39, 0.29) is 23.9 Å². The predicted molar refractivity (Wildman–Crippen MR) is 90.5 cm³/mol. The van der Waals surface area contributed by atoms with Gasteiger partial charge < -0.3 is 15.5 Å². The van der Waals surface area contributed by atoms with Crippen molar-refractivity contribution in [2.45, 2.75) is 38.1 Å². The highest BCUT2D eigenvalue weighted by Crippen LogP contribution is 2.26. The number of carbonyl (C=O) groups excluding carboxylic acids is 2. The molecule has 6 heteroatoms. The Morgan fingerprint density at radius 2 is 1.87 bits per heavy atom. The summed E-state index contributed by atoms with van der Waals surface area (Å²) in [6, 6.07) is 7.20. The minimum atomic E-state index is -0.115. The van der Waals surface area contributed by atoms with E-state index in [1.54, 1.807) is 23.1 Å². The van der Waals surface area contributed by atoms with Crippen LogP contribution in [0.2, 0.25) is 5.02 Å². The Morgan fingerprint density at radius 1 is 1.13 bits per heavy atom. The van der Waals surface area contributed by atoms with E-state index < -0.39 is 0 Å². The summed E-state index contributed by atoms with van der Waals surface area (Å²) < 4.78 is 0. The lowest BCUT2D eigenvalue weighted by Crippen LogP contribution is -2.49. The van der Waals surface area contributed by atoms with E-state index in [1.807, 2.05) is 6.07 Å². The van der Waals surface area contributed by atoms with E-state index in [9.17, 15) is 9.59 Å². The monoisotopic (exact) mass is 335 g/mol. The van der Waals surface area contributed by atoms with Crippen LogP contribution in [-0.4, -0.2) is 36.0 Å². The van der Waals surface area contributed by atoms with Crippen LogP contribution < -0.4 is 10.6 Å². The van der Waals surface area contributed by atoms with Gasteiger partial charge in [-0.1, -0.05) is 24.1 Å². The second-order valence-electron chi connectivity index (χ2n) is 6.34. The molecule has 0 aromatic heterocycles. The molecular formula is C17H22ClN3O2. The lowest BCUT2D eigenvalue weighted by molar-refractivity contribution is -0.128. The van der Waals surface area contributed by atoms with Gasteiger partial charge in [0.25, 0.3) is 0 Å². The van der Waals surface area contributed by atoms with E-state index in [1.165, 1.54) is 6.42 Å². The highest BCUT2D eigenvalue weighted by atomic mass is 35.5. The Bertz CT molecular complexity index is 581. The van der Waals surface area contributed by atoms with Crippen LogP contribution >= 0.6 is 11.6 Å². The van der Waals surface area contributed by atoms with Gasteiger partial charge in [0.15, 0.2) is 0 Å². The second-order valence-corrected chi connectivity index (χ2v) is 6.77. The Kier molecular flexibility index (Phi) is 5.06. The smallest absolute Gasteiger partial charge is 0.321 e. The fourth-order valence-corrected chi connectivity index (χ4v) is 3.18. The molecule has 1 aliphatic carbocycles. The summed E-state index contributed by atoms with van der Waals surface area (Å²) in [7, 11) is 0. The number of benzene rings is 1. The zero-order valence-electron chi connectivity index (χ0n) is 13.1. The molecule has 1 aliphatic heterocycles. The van der Waals surface area contributed by atoms with Gasteiger partial charge in [0.1, 0.15) is 0 Å². The van der Waals surface area contributed by atoms with Gasteiger partial charge >= 0.3 is 6.03 Å². The second kappa shape index (κ2) is 7.21. The van der Waals surface area contributed by atoms with E-state index in [0.717, 1.165) is 25.7 Å². The maximum Gasteiger partial charge on any atom is 0.321 e. The molecule has 3 amide bonds. The molecule has 0 spiro atoms. The third kappa shape index (κ3) is 4.16. The van der Waals surface area contributed by atoms with E-state index in [4.69, 9.17) is 11.6 Å². The first-order chi connectivity index (χ1) is 11.1. The number of anilines is 1. The Labute approximate surface area is 141 Å². The highest BCUT2D eigenvalue weighted by molar-refractivity contribution is 6.30. The van der Waals surface area contributed by atoms with Crippen molar-refractivity contribution in [2.75, 3.05) is 18.4 Å². The molecule has 0 radical (unpaired) electrons. The Hall–Kier alpha value is -1.75. The van der Waals surface area contributed by atoms with Crippen molar-refractivity contribution in [1.82, 2.24) is 10.2 Å². The largest absolute Gasteiger partial charge is 0.353 e. The summed E-state index contributed by atoms with van der Waals surface area (Å²) in [5.41, 5.74) is 0.697. The van der Waals surface area contributed by atoms with Crippen molar-refractivity contribution in [2.24, 2.45) is 5.92 Å². The molecule has 23 heavy (non-hydrogen) atoms. The summed E-state index contributed by atoms with van der Waals surface area (Å²) in [5, 5.41) is 6.58. The summed E-state index contributed by atoms with van der Waals surface area (Å²) >= 11 is 5.92. The Balaban J connectivity index is 1.44. The van der Waals surface area contributed by atoms with Crippen LogP contribution in [-0.2, 0) is 4.79 Å². The van der Waals surface area contributed by atoms with Gasteiger partial charge in [-0.3, -0.25) is 4.79 Å². The van der Waals surface area contributed by atoms with Crippen LogP contribution in [0.4, 0.5) is 10.5 Å². The van der Waals surface area contributed by atoms with Crippen molar-refractivity contribution >= 4 is 29.2 Å². The van der Waals surface area contributed by atoms with Crippen molar-refractivity contribution in [3.8, 4) is 0 Å². The molecular weight excluding hydrogens is 314 g/mol. The number of piperidine rings is 1. The molecule has 1 aromatic carbocycles. The van der Waals surface area contributed by atoms with Gasteiger partial charge in [-0.05, 0) is 43.9 Å². The summed E-state index contributed by atoms with van der Waals surface area (Å²) in [6.07, 6.45) is 4.82. The third-order valence-corrected chi connectivity index (χ3v) is 4.92. The summed E-state index contributed by atoms with van der Waals surface area (Å²) in [4.78, 5) is 26.0. The van der Waals surface area contributed by atoms with Crippen molar-refractivity contribution in [3.63, 3.8) is 0 Å². The average molecular weight is 336 g/mol. The van der Waals surface area contributed by atoms with Crippen LogP contribution in [0, 0.1) is 5.92 Å². The first kappa shape index (κ1) is 16.1. The zero-order valence-corrected chi connectivity index (χ0v) is 13.8. The van der Waals surface area contributed by atoms with Crippen LogP contribution in [0.5, 0.6) is 0 Å². The minimum absolute atomic E-state index is 0.115. The molecule has 1 aromatic rings. The lowest BCUT2D eigenvalue weighted by Gasteiger charge is -2.34. The first-order valence-electron chi connectivity index (χ1n) is 8.24. The number of nitrogens with one attached hydrogen (secondary N) is 2. The van der Waals surface area contributed by atoms with Crippen molar-refractivity contribution < 1.29 is 9.59 Å². The molecule has 1 heterocycles. The summed E-state index contributed by atoms with van der Waals surface area (Å²) in [5.74, 6) is 0.414. The molecule has 2 aliphatic rings. The van der Waals surface area contributed by atoms with Gasteiger partial charge in [0.2, 0.25) is 5.91 Å². The van der Waals surface area contributed by atoms with Gasteiger partial charge in [0, 0.05) is 35.8 Å². The van der Waals surface area contributed by atoms with Crippen molar-refractivity contribution in [1.29, 1.82) is 0 Å². The molecule has 0 unspecified atom stereocenters. The standard InChI is InChI=1S/C17H22ClN3O2/c18-13-5-2-6-15(11-13)20-17(23)21-9-7-14(8-10-21)19-16(22)12-3-1-4-12/h2,5-6,11-12,14H,1,3-4,7-10H2,(H,19,22)(H,20,23). The molecule has 5 nitrogen and oxygen atoms in total. The minimum Gasteiger partial charge on any atom is -0.353 e. The lowest BCUT2D eigenvalue weighted by atomic mass is 9.84. The third-order valence-electron chi connectivity index (χ3n) is 4.68. The van der Waals surface area contributed by atoms with Crippen LogP contribution in [0.1, 0.15) is 32.1 Å². The van der Waals surface area contributed by atoms with Crippen molar-refractivity contribution in [3.05, 3.63) is 29.3 Å². The fraction of sp³-hybridized carbons (Fsp3) is 0.529. The number of carbonyl (C=O) groups is 2. The van der Waals surface area contributed by atoms with E-state index in [0.29, 0.717) is 23.8 Å². The van der Waals surface area contributed by atoms with Gasteiger partial charge in [-0.15, -0.1) is 0 Å². The first-order valence-corrected chi connectivity index (χ1v) is 8.61. The zero-order chi connectivity index (χ0) is 16.2. The fourth-order valence-electron chi connectivity index (χ4n) is 2.99. The maximum atomic E-state index is 12.3. The molecule has 1 saturated carbocycles. The molecule has 124 valence electrons. The summed E-state index contributed by atoms with van der Waals surface area (Å²) in [6.45, 7) is 1.31. The molecule has 0 atom stereocenters. The number of nitrogens with zero attached hydrogens (tertiary/aromatic N) is 1. The predicted octanol–water partition coefficient (Wildman–Crippen LogP) is 3.25. The van der Waals surface area contributed by atoms with Gasteiger partial charge in [-0.25, -0.2) is 4.79 Å². The quantitative estimate of drug-likeness (QED) is 0.890. The van der Waals surface area contributed by atoms with Crippen LogP contribution in [0.25, 0.3) is 0 Å². The number of rotatable bonds is 3. The van der Waals surface area contributed by atoms with E-state index >= 15 is 0 Å². The molecule has 3 rings (SSSR count). The van der Waals surface area contributed by atoms with Gasteiger partial charge in [-0.2, -0.15) is 0 Å². The molecule has 2 N–H and O–H groups in total. The van der Waals surface area contributed by atoms with E-state index in [2.05, 4.69) is 10.6 Å². The number of urea groups is 1. The molecule has 2 fully saturated rings. The number of likely N-dealkylation sites (tertiary alicyclic amines) is 1. The van der Waals surface area contributed by atoms with Crippen LogP contribution in [0.3, 0.4) is 0 Å². The van der Waals surface area contributed by atoms with Gasteiger partial charge in [0.05, 0.1) is 0 Å². The molecule has 1 saturated heterocycles. The number of amides is 3.